The van der Waals surface area contributed by atoms with Crippen LogP contribution in [0.5, 0.6) is 11.5 Å². The molecule has 0 aliphatic rings. The van der Waals surface area contributed by atoms with Gasteiger partial charge in [-0.1, -0.05) is 26.0 Å². The van der Waals surface area contributed by atoms with Gasteiger partial charge in [0, 0.05) is 0 Å². The summed E-state index contributed by atoms with van der Waals surface area (Å²) in [7, 11) is 0. The first kappa shape index (κ1) is 21.8. The summed E-state index contributed by atoms with van der Waals surface area (Å²) in [5, 5.41) is 3.93. The Morgan fingerprint density at radius 1 is 1.13 bits per heavy atom. The van der Waals surface area contributed by atoms with E-state index in [1.54, 1.807) is 30.3 Å². The van der Waals surface area contributed by atoms with Crippen LogP contribution in [0.2, 0.25) is 0 Å². The third-order valence-electron chi connectivity index (χ3n) is 4.37. The molecule has 1 N–H and O–H groups in total. The maximum atomic E-state index is 12.0. The van der Waals surface area contributed by atoms with Crippen LogP contribution < -0.4 is 14.9 Å². The summed E-state index contributed by atoms with van der Waals surface area (Å²) in [6, 6.07) is 15.8. The topological polar surface area (TPSA) is 90.1 Å². The first-order chi connectivity index (χ1) is 14.9. The lowest BCUT2D eigenvalue weighted by atomic mass is 10.0. The second-order valence-electron chi connectivity index (χ2n) is 7.21. The lowest BCUT2D eigenvalue weighted by molar-refractivity contribution is -0.123. The van der Waals surface area contributed by atoms with Crippen LogP contribution in [0.3, 0.4) is 0 Å². The van der Waals surface area contributed by atoms with Gasteiger partial charge in [0.2, 0.25) is 5.76 Å². The summed E-state index contributed by atoms with van der Waals surface area (Å²) < 4.78 is 15.9. The standard InChI is InChI=1S/C24H24N2O5/c1-16(2)20-11-6-17(3)13-22(20)30-15-23(27)26-25-14-18-7-9-19(10-8-18)31-24(28)21-5-4-12-29-21/h4-14,16H,15H2,1-3H3,(H,26,27). The molecule has 0 saturated carbocycles. The number of rotatable bonds is 8. The molecule has 2 aromatic carbocycles. The van der Waals surface area contributed by atoms with Crippen LogP contribution in [0, 0.1) is 6.92 Å². The Morgan fingerprint density at radius 2 is 1.90 bits per heavy atom. The summed E-state index contributed by atoms with van der Waals surface area (Å²) in [5.41, 5.74) is 5.28. The molecule has 0 saturated heterocycles. The number of carbonyl (C=O) groups excluding carboxylic acids is 2. The second kappa shape index (κ2) is 10.2. The molecule has 0 bridgehead atoms. The Kier molecular flexibility index (Phi) is 7.22. The fourth-order valence-electron chi connectivity index (χ4n) is 2.77. The molecule has 0 spiro atoms. The third-order valence-corrected chi connectivity index (χ3v) is 4.37. The maximum Gasteiger partial charge on any atom is 0.379 e. The van der Waals surface area contributed by atoms with E-state index in [0.29, 0.717) is 11.5 Å². The third kappa shape index (κ3) is 6.30. The quantitative estimate of drug-likeness (QED) is 0.251. The molecule has 0 unspecified atom stereocenters. The molecule has 0 fully saturated rings. The van der Waals surface area contributed by atoms with Gasteiger partial charge in [0.15, 0.2) is 6.61 Å². The van der Waals surface area contributed by atoms with Crippen LogP contribution in [-0.4, -0.2) is 24.7 Å². The highest BCUT2D eigenvalue weighted by atomic mass is 16.5. The van der Waals surface area contributed by atoms with E-state index >= 15 is 0 Å². The highest BCUT2D eigenvalue weighted by Gasteiger charge is 2.11. The monoisotopic (exact) mass is 420 g/mol. The molecule has 7 heteroatoms. The van der Waals surface area contributed by atoms with E-state index in [4.69, 9.17) is 13.9 Å². The average Bonchev–Trinajstić information content (AvgIpc) is 3.28. The van der Waals surface area contributed by atoms with Crippen LogP contribution >= 0.6 is 0 Å². The minimum atomic E-state index is -0.576. The Labute approximate surface area is 180 Å². The first-order valence-corrected chi connectivity index (χ1v) is 9.83. The molecular formula is C24H24N2O5. The van der Waals surface area contributed by atoms with Crippen molar-refractivity contribution in [2.24, 2.45) is 5.10 Å². The van der Waals surface area contributed by atoms with Gasteiger partial charge in [-0.15, -0.1) is 0 Å². The zero-order chi connectivity index (χ0) is 22.2. The van der Waals surface area contributed by atoms with Crippen LogP contribution in [0.15, 0.2) is 70.4 Å². The second-order valence-corrected chi connectivity index (χ2v) is 7.21. The van der Waals surface area contributed by atoms with Crippen LogP contribution in [0.4, 0.5) is 0 Å². The van der Waals surface area contributed by atoms with Gasteiger partial charge in [-0.05, 0) is 72.0 Å². The first-order valence-electron chi connectivity index (χ1n) is 9.83. The molecule has 1 aromatic heterocycles. The molecule has 1 heterocycles. The largest absolute Gasteiger partial charge is 0.483 e. The molecule has 7 nitrogen and oxygen atoms in total. The van der Waals surface area contributed by atoms with Crippen LogP contribution in [0.1, 0.15) is 47.0 Å². The molecule has 1 amide bonds. The minimum absolute atomic E-state index is 0.127. The molecule has 0 radical (unpaired) electrons. The van der Waals surface area contributed by atoms with Gasteiger partial charge in [-0.3, -0.25) is 4.79 Å². The van der Waals surface area contributed by atoms with Gasteiger partial charge in [-0.25, -0.2) is 10.2 Å². The van der Waals surface area contributed by atoms with Crippen molar-refractivity contribution in [1.29, 1.82) is 0 Å². The molecular weight excluding hydrogens is 396 g/mol. The van der Waals surface area contributed by atoms with Crippen molar-refractivity contribution in [1.82, 2.24) is 5.43 Å². The molecule has 0 aliphatic carbocycles. The number of hydrogen-bond donors (Lipinski definition) is 1. The van der Waals surface area contributed by atoms with Crippen LogP contribution in [0.25, 0.3) is 0 Å². The molecule has 31 heavy (non-hydrogen) atoms. The summed E-state index contributed by atoms with van der Waals surface area (Å²) >= 11 is 0. The SMILES string of the molecule is Cc1ccc(C(C)C)c(OCC(=O)NN=Cc2ccc(OC(=O)c3ccco3)cc2)c1. The Bertz CT molecular complexity index is 1050. The van der Waals surface area contributed by atoms with Crippen LogP contribution in [-0.2, 0) is 4.79 Å². The fraction of sp³-hybridized carbons (Fsp3) is 0.208. The van der Waals surface area contributed by atoms with Crippen molar-refractivity contribution in [3.05, 3.63) is 83.3 Å². The molecule has 0 atom stereocenters. The normalized spacial score (nSPS) is 11.0. The molecule has 160 valence electrons. The van der Waals surface area contributed by atoms with E-state index in [9.17, 15) is 9.59 Å². The number of furan rings is 1. The van der Waals surface area contributed by atoms with Gasteiger partial charge < -0.3 is 13.9 Å². The van der Waals surface area contributed by atoms with Crippen molar-refractivity contribution in [2.75, 3.05) is 6.61 Å². The highest BCUT2D eigenvalue weighted by molar-refractivity contribution is 5.88. The van der Waals surface area contributed by atoms with E-state index in [0.717, 1.165) is 16.7 Å². The van der Waals surface area contributed by atoms with E-state index in [-0.39, 0.29) is 24.2 Å². The minimum Gasteiger partial charge on any atom is -0.483 e. The number of nitrogens with zero attached hydrogens (tertiary/aromatic N) is 1. The zero-order valence-electron chi connectivity index (χ0n) is 17.6. The molecule has 3 rings (SSSR count). The summed E-state index contributed by atoms with van der Waals surface area (Å²) in [5.74, 6) is 0.549. The number of ether oxygens (including phenoxy) is 2. The Balaban J connectivity index is 1.49. The number of hydrogen-bond acceptors (Lipinski definition) is 6. The van der Waals surface area contributed by atoms with E-state index < -0.39 is 5.97 Å². The van der Waals surface area contributed by atoms with Gasteiger partial charge in [0.25, 0.3) is 5.91 Å². The van der Waals surface area contributed by atoms with Crippen molar-refractivity contribution in [2.45, 2.75) is 26.7 Å². The van der Waals surface area contributed by atoms with Gasteiger partial charge in [0.05, 0.1) is 12.5 Å². The average molecular weight is 420 g/mol. The summed E-state index contributed by atoms with van der Waals surface area (Å²) in [4.78, 5) is 23.9. The van der Waals surface area contributed by atoms with Gasteiger partial charge in [-0.2, -0.15) is 5.10 Å². The fourth-order valence-corrected chi connectivity index (χ4v) is 2.77. The van der Waals surface area contributed by atoms with Gasteiger partial charge >= 0.3 is 5.97 Å². The smallest absolute Gasteiger partial charge is 0.379 e. The predicted octanol–water partition coefficient (Wildman–Crippen LogP) is 4.46. The highest BCUT2D eigenvalue weighted by Crippen LogP contribution is 2.27. The number of aryl methyl sites for hydroxylation is 1. The lowest BCUT2D eigenvalue weighted by Crippen LogP contribution is -2.25. The number of benzene rings is 2. The van der Waals surface area contributed by atoms with Crippen molar-refractivity contribution in [3.63, 3.8) is 0 Å². The molecule has 0 aliphatic heterocycles. The van der Waals surface area contributed by atoms with Gasteiger partial charge in [0.1, 0.15) is 11.5 Å². The Morgan fingerprint density at radius 3 is 2.58 bits per heavy atom. The number of hydrazone groups is 1. The number of amides is 1. The molecule has 3 aromatic rings. The summed E-state index contributed by atoms with van der Waals surface area (Å²) in [6.45, 7) is 5.99. The van der Waals surface area contributed by atoms with E-state index in [1.807, 2.05) is 25.1 Å². The number of nitrogens with one attached hydrogen (secondary N) is 1. The van der Waals surface area contributed by atoms with E-state index in [1.165, 1.54) is 18.5 Å². The lowest BCUT2D eigenvalue weighted by Gasteiger charge is -2.14. The number of carbonyl (C=O) groups is 2. The number of esters is 1. The van der Waals surface area contributed by atoms with Crippen molar-refractivity contribution in [3.8, 4) is 11.5 Å². The maximum absolute atomic E-state index is 12.0. The predicted molar refractivity (Wildman–Crippen MR) is 117 cm³/mol. The summed E-state index contributed by atoms with van der Waals surface area (Å²) in [6.07, 6.45) is 2.89. The Hall–Kier alpha value is -3.87. The zero-order valence-corrected chi connectivity index (χ0v) is 17.6. The van der Waals surface area contributed by atoms with Crippen molar-refractivity contribution < 1.29 is 23.5 Å². The van der Waals surface area contributed by atoms with E-state index in [2.05, 4.69) is 24.4 Å². The van der Waals surface area contributed by atoms with Crippen molar-refractivity contribution >= 4 is 18.1 Å².